The molecule has 0 amide bonds. The lowest BCUT2D eigenvalue weighted by molar-refractivity contribution is 0.708. The van der Waals surface area contributed by atoms with Crippen LogP contribution in [0.2, 0.25) is 0 Å². The van der Waals surface area contributed by atoms with Gasteiger partial charge in [-0.1, -0.05) is 6.42 Å². The van der Waals surface area contributed by atoms with Crippen LogP contribution in [-0.2, 0) is 12.8 Å². The molecule has 0 unspecified atom stereocenters. The van der Waals surface area contributed by atoms with Crippen molar-refractivity contribution in [1.82, 2.24) is 9.97 Å². The van der Waals surface area contributed by atoms with Crippen LogP contribution in [0.1, 0.15) is 43.9 Å². The molecule has 3 N–H and O–H groups in total. The standard InChI is InChI=1S/C14H23N5/c1-2-19(9-8-13(15)16)14-11-6-4-3-5-7-12(11)17-10-18-14/h10H,2-9H2,1H3,(H3,15,16). The Labute approximate surface area is 114 Å². The second kappa shape index (κ2) is 6.50. The van der Waals surface area contributed by atoms with Crippen molar-refractivity contribution in [2.75, 3.05) is 18.0 Å². The van der Waals surface area contributed by atoms with Gasteiger partial charge < -0.3 is 10.6 Å². The molecule has 1 aliphatic carbocycles. The first-order valence-electron chi connectivity index (χ1n) is 7.13. The van der Waals surface area contributed by atoms with E-state index in [0.29, 0.717) is 6.42 Å². The molecule has 0 radical (unpaired) electrons. The monoisotopic (exact) mass is 261 g/mol. The Kier molecular flexibility index (Phi) is 4.71. The van der Waals surface area contributed by atoms with Gasteiger partial charge in [-0.25, -0.2) is 9.97 Å². The zero-order valence-corrected chi connectivity index (χ0v) is 11.7. The number of aromatic nitrogens is 2. The van der Waals surface area contributed by atoms with Crippen molar-refractivity contribution in [3.63, 3.8) is 0 Å². The molecule has 1 aromatic heterocycles. The largest absolute Gasteiger partial charge is 0.388 e. The van der Waals surface area contributed by atoms with Crippen molar-refractivity contribution in [1.29, 1.82) is 5.41 Å². The summed E-state index contributed by atoms with van der Waals surface area (Å²) in [5, 5.41) is 7.37. The zero-order chi connectivity index (χ0) is 13.7. The average Bonchev–Trinajstić information content (AvgIpc) is 2.64. The summed E-state index contributed by atoms with van der Waals surface area (Å²) in [6, 6.07) is 0. The lowest BCUT2D eigenvalue weighted by Crippen LogP contribution is -2.29. The molecule has 1 heterocycles. The molecular weight excluding hydrogens is 238 g/mol. The number of nitrogens with one attached hydrogen (secondary N) is 1. The summed E-state index contributed by atoms with van der Waals surface area (Å²) in [5.74, 6) is 1.29. The van der Waals surface area contributed by atoms with Gasteiger partial charge in [0.15, 0.2) is 0 Å². The van der Waals surface area contributed by atoms with E-state index in [1.807, 2.05) is 0 Å². The zero-order valence-electron chi connectivity index (χ0n) is 11.7. The first-order valence-corrected chi connectivity index (χ1v) is 7.13. The number of hydrogen-bond donors (Lipinski definition) is 2. The summed E-state index contributed by atoms with van der Waals surface area (Å²) in [4.78, 5) is 11.1. The van der Waals surface area contributed by atoms with E-state index in [4.69, 9.17) is 11.1 Å². The van der Waals surface area contributed by atoms with Gasteiger partial charge in [-0.2, -0.15) is 0 Å². The van der Waals surface area contributed by atoms with E-state index in [2.05, 4.69) is 21.8 Å². The molecule has 0 aliphatic heterocycles. The average molecular weight is 261 g/mol. The van der Waals surface area contributed by atoms with Crippen LogP contribution in [0.4, 0.5) is 5.82 Å². The molecule has 1 aromatic rings. The Morgan fingerprint density at radius 2 is 2.11 bits per heavy atom. The van der Waals surface area contributed by atoms with Gasteiger partial charge in [-0.15, -0.1) is 0 Å². The predicted molar refractivity (Wildman–Crippen MR) is 77.7 cm³/mol. The molecule has 0 spiro atoms. The normalized spacial score (nSPS) is 14.6. The Morgan fingerprint density at radius 1 is 1.32 bits per heavy atom. The van der Waals surface area contributed by atoms with Crippen molar-refractivity contribution >= 4 is 11.7 Å². The van der Waals surface area contributed by atoms with Crippen LogP contribution < -0.4 is 10.6 Å². The Bertz CT molecular complexity index is 443. The molecule has 0 atom stereocenters. The molecule has 1 aliphatic rings. The first-order chi connectivity index (χ1) is 9.22. The van der Waals surface area contributed by atoms with Gasteiger partial charge in [0.2, 0.25) is 0 Å². The smallest absolute Gasteiger partial charge is 0.135 e. The van der Waals surface area contributed by atoms with E-state index in [9.17, 15) is 0 Å². The SMILES string of the molecule is CCN(CCC(=N)N)c1ncnc2c1CCCCC2. The quantitative estimate of drug-likeness (QED) is 0.482. The van der Waals surface area contributed by atoms with E-state index >= 15 is 0 Å². The summed E-state index contributed by atoms with van der Waals surface area (Å²) in [6.07, 6.45) is 8.12. The van der Waals surface area contributed by atoms with Crippen LogP contribution in [0, 0.1) is 5.41 Å². The number of rotatable bonds is 5. The number of amidine groups is 1. The van der Waals surface area contributed by atoms with Crippen molar-refractivity contribution in [2.24, 2.45) is 5.73 Å². The third kappa shape index (κ3) is 3.43. The lowest BCUT2D eigenvalue weighted by atomic mass is 10.1. The van der Waals surface area contributed by atoms with Crippen LogP contribution in [-0.4, -0.2) is 28.9 Å². The van der Waals surface area contributed by atoms with Crippen molar-refractivity contribution in [2.45, 2.75) is 45.4 Å². The molecule has 0 bridgehead atoms. The third-order valence-electron chi connectivity index (χ3n) is 3.68. The van der Waals surface area contributed by atoms with Crippen molar-refractivity contribution in [3.8, 4) is 0 Å². The number of nitrogens with zero attached hydrogens (tertiary/aromatic N) is 3. The molecule has 5 nitrogen and oxygen atoms in total. The predicted octanol–water partition coefficient (Wildman–Crippen LogP) is 1.90. The minimum absolute atomic E-state index is 0.235. The maximum atomic E-state index is 7.37. The molecule has 0 saturated carbocycles. The van der Waals surface area contributed by atoms with Crippen molar-refractivity contribution < 1.29 is 0 Å². The van der Waals surface area contributed by atoms with Crippen LogP contribution in [0.15, 0.2) is 6.33 Å². The second-order valence-corrected chi connectivity index (χ2v) is 5.04. The van der Waals surface area contributed by atoms with Gasteiger partial charge >= 0.3 is 0 Å². The maximum Gasteiger partial charge on any atom is 0.135 e. The Balaban J connectivity index is 2.24. The van der Waals surface area contributed by atoms with E-state index in [0.717, 1.165) is 31.7 Å². The fourth-order valence-corrected chi connectivity index (χ4v) is 2.62. The van der Waals surface area contributed by atoms with Gasteiger partial charge in [-0.05, 0) is 32.6 Å². The molecule has 0 aromatic carbocycles. The molecule has 0 saturated heterocycles. The van der Waals surface area contributed by atoms with Gasteiger partial charge in [0.1, 0.15) is 12.1 Å². The first kappa shape index (κ1) is 13.8. The van der Waals surface area contributed by atoms with Gasteiger partial charge in [0.05, 0.1) is 5.84 Å². The number of aryl methyl sites for hydroxylation is 1. The lowest BCUT2D eigenvalue weighted by Gasteiger charge is -2.24. The Morgan fingerprint density at radius 3 is 2.84 bits per heavy atom. The van der Waals surface area contributed by atoms with E-state index in [1.54, 1.807) is 6.33 Å². The van der Waals surface area contributed by atoms with E-state index < -0.39 is 0 Å². The summed E-state index contributed by atoms with van der Waals surface area (Å²) < 4.78 is 0. The van der Waals surface area contributed by atoms with Crippen LogP contribution in [0.3, 0.4) is 0 Å². The molecule has 5 heteroatoms. The van der Waals surface area contributed by atoms with Gasteiger partial charge in [-0.3, -0.25) is 5.41 Å². The fourth-order valence-electron chi connectivity index (χ4n) is 2.62. The third-order valence-corrected chi connectivity index (χ3v) is 3.68. The molecule has 0 fully saturated rings. The number of anilines is 1. The molecule has 19 heavy (non-hydrogen) atoms. The fraction of sp³-hybridized carbons (Fsp3) is 0.643. The molecule has 104 valence electrons. The van der Waals surface area contributed by atoms with Gasteiger partial charge in [0, 0.05) is 30.8 Å². The minimum Gasteiger partial charge on any atom is -0.388 e. The van der Waals surface area contributed by atoms with Crippen molar-refractivity contribution in [3.05, 3.63) is 17.6 Å². The van der Waals surface area contributed by atoms with Crippen LogP contribution in [0.5, 0.6) is 0 Å². The second-order valence-electron chi connectivity index (χ2n) is 5.04. The van der Waals surface area contributed by atoms with E-state index in [-0.39, 0.29) is 5.84 Å². The number of fused-ring (bicyclic) bond motifs is 1. The highest BCUT2D eigenvalue weighted by Gasteiger charge is 2.17. The van der Waals surface area contributed by atoms with Crippen LogP contribution in [0.25, 0.3) is 0 Å². The summed E-state index contributed by atoms with van der Waals surface area (Å²) in [5.41, 5.74) is 7.98. The van der Waals surface area contributed by atoms with E-state index in [1.165, 1.54) is 30.5 Å². The van der Waals surface area contributed by atoms with Crippen LogP contribution >= 0.6 is 0 Å². The maximum absolute atomic E-state index is 7.37. The highest BCUT2D eigenvalue weighted by Crippen LogP contribution is 2.26. The summed E-state index contributed by atoms with van der Waals surface area (Å²) >= 11 is 0. The summed E-state index contributed by atoms with van der Waals surface area (Å²) in [7, 11) is 0. The molecular formula is C14H23N5. The number of hydrogen-bond acceptors (Lipinski definition) is 4. The minimum atomic E-state index is 0.235. The topological polar surface area (TPSA) is 78.9 Å². The highest BCUT2D eigenvalue weighted by molar-refractivity contribution is 5.77. The molecule has 2 rings (SSSR count). The Hall–Kier alpha value is -1.65. The summed E-state index contributed by atoms with van der Waals surface area (Å²) in [6.45, 7) is 3.76. The number of nitrogens with two attached hydrogens (primary N) is 1. The van der Waals surface area contributed by atoms with Gasteiger partial charge in [0.25, 0.3) is 0 Å². The highest BCUT2D eigenvalue weighted by atomic mass is 15.2.